The summed E-state index contributed by atoms with van der Waals surface area (Å²) in [5.41, 5.74) is 7.10. The van der Waals surface area contributed by atoms with Crippen LogP contribution in [0.4, 0.5) is 0 Å². The number of hydrogen-bond acceptors (Lipinski definition) is 2. The van der Waals surface area contributed by atoms with Gasteiger partial charge in [-0.1, -0.05) is 0 Å². The third-order valence-corrected chi connectivity index (χ3v) is 3.08. The van der Waals surface area contributed by atoms with E-state index in [9.17, 15) is 4.79 Å². The zero-order valence-electron chi connectivity index (χ0n) is 8.13. The molecule has 76 valence electrons. The zero-order chi connectivity index (χ0) is 10.7. The molecule has 0 fully saturated rings. The van der Waals surface area contributed by atoms with Crippen molar-refractivity contribution in [3.05, 3.63) is 26.8 Å². The molecule has 0 atom stereocenters. The standard InChI is InChI=1S/C10H12INO2/c1-6-8(11)3-7(5-10(12)13)4-9(6)14-2/h3-4H,5H2,1-2H3,(H2,12,13). The van der Waals surface area contributed by atoms with Gasteiger partial charge in [0, 0.05) is 9.13 Å². The summed E-state index contributed by atoms with van der Waals surface area (Å²) in [6.07, 6.45) is 0.257. The van der Waals surface area contributed by atoms with E-state index in [1.165, 1.54) is 0 Å². The monoisotopic (exact) mass is 305 g/mol. The van der Waals surface area contributed by atoms with Gasteiger partial charge >= 0.3 is 0 Å². The van der Waals surface area contributed by atoms with Crippen LogP contribution in [-0.2, 0) is 11.2 Å². The molecule has 0 radical (unpaired) electrons. The molecule has 0 saturated carbocycles. The molecule has 14 heavy (non-hydrogen) atoms. The van der Waals surface area contributed by atoms with E-state index in [0.29, 0.717) is 0 Å². The Kier molecular flexibility index (Phi) is 3.74. The molecule has 0 aliphatic heterocycles. The van der Waals surface area contributed by atoms with Gasteiger partial charge in [-0.2, -0.15) is 0 Å². The average molecular weight is 305 g/mol. The highest BCUT2D eigenvalue weighted by molar-refractivity contribution is 14.1. The number of halogens is 1. The Hall–Kier alpha value is -0.780. The topological polar surface area (TPSA) is 52.3 Å². The molecule has 1 aromatic rings. The van der Waals surface area contributed by atoms with Crippen LogP contribution in [0.5, 0.6) is 5.75 Å². The van der Waals surface area contributed by atoms with E-state index in [0.717, 1.165) is 20.4 Å². The maximum Gasteiger partial charge on any atom is 0.221 e. The molecule has 0 aliphatic carbocycles. The Morgan fingerprint density at radius 2 is 2.21 bits per heavy atom. The number of nitrogens with two attached hydrogens (primary N) is 1. The first kappa shape index (κ1) is 11.3. The van der Waals surface area contributed by atoms with Crippen molar-refractivity contribution in [1.82, 2.24) is 0 Å². The SMILES string of the molecule is COc1cc(CC(N)=O)cc(I)c1C. The number of benzene rings is 1. The Morgan fingerprint density at radius 1 is 1.57 bits per heavy atom. The molecular formula is C10H12INO2. The quantitative estimate of drug-likeness (QED) is 0.863. The van der Waals surface area contributed by atoms with Crippen molar-refractivity contribution in [1.29, 1.82) is 0 Å². The molecule has 1 amide bonds. The summed E-state index contributed by atoms with van der Waals surface area (Å²) in [5, 5.41) is 0. The van der Waals surface area contributed by atoms with E-state index in [4.69, 9.17) is 10.5 Å². The van der Waals surface area contributed by atoms with Crippen LogP contribution >= 0.6 is 22.6 Å². The molecule has 0 saturated heterocycles. The summed E-state index contributed by atoms with van der Waals surface area (Å²) in [4.78, 5) is 10.7. The summed E-state index contributed by atoms with van der Waals surface area (Å²) >= 11 is 2.21. The molecule has 0 spiro atoms. The van der Waals surface area contributed by atoms with Crippen LogP contribution in [-0.4, -0.2) is 13.0 Å². The van der Waals surface area contributed by atoms with Crippen LogP contribution in [0.1, 0.15) is 11.1 Å². The van der Waals surface area contributed by atoms with Gasteiger partial charge in [0.2, 0.25) is 5.91 Å². The van der Waals surface area contributed by atoms with Crippen molar-refractivity contribution < 1.29 is 9.53 Å². The van der Waals surface area contributed by atoms with Crippen molar-refractivity contribution >= 4 is 28.5 Å². The molecule has 0 aromatic heterocycles. The Labute approximate surface area is 96.8 Å². The smallest absolute Gasteiger partial charge is 0.221 e. The number of carbonyl (C=O) groups excluding carboxylic acids is 1. The fourth-order valence-corrected chi connectivity index (χ4v) is 1.89. The van der Waals surface area contributed by atoms with Crippen molar-refractivity contribution in [2.24, 2.45) is 5.73 Å². The van der Waals surface area contributed by atoms with Crippen LogP contribution in [0.2, 0.25) is 0 Å². The first-order chi connectivity index (χ1) is 6.54. The van der Waals surface area contributed by atoms with Crippen molar-refractivity contribution in [2.45, 2.75) is 13.3 Å². The second-order valence-electron chi connectivity index (χ2n) is 3.05. The van der Waals surface area contributed by atoms with E-state index < -0.39 is 0 Å². The van der Waals surface area contributed by atoms with Crippen LogP contribution in [0.3, 0.4) is 0 Å². The van der Waals surface area contributed by atoms with E-state index in [2.05, 4.69) is 22.6 Å². The zero-order valence-corrected chi connectivity index (χ0v) is 10.3. The largest absolute Gasteiger partial charge is 0.496 e. The van der Waals surface area contributed by atoms with Gasteiger partial charge in [-0.25, -0.2) is 0 Å². The molecule has 0 unspecified atom stereocenters. The Morgan fingerprint density at radius 3 is 2.71 bits per heavy atom. The van der Waals surface area contributed by atoms with Crippen molar-refractivity contribution in [3.63, 3.8) is 0 Å². The predicted molar refractivity (Wildman–Crippen MR) is 63.3 cm³/mol. The van der Waals surface area contributed by atoms with Gasteiger partial charge in [-0.15, -0.1) is 0 Å². The number of hydrogen-bond donors (Lipinski definition) is 1. The number of primary amides is 1. The first-order valence-electron chi connectivity index (χ1n) is 4.16. The van der Waals surface area contributed by atoms with Crippen LogP contribution in [0, 0.1) is 10.5 Å². The highest BCUT2D eigenvalue weighted by Crippen LogP contribution is 2.25. The lowest BCUT2D eigenvalue weighted by Gasteiger charge is -2.08. The predicted octanol–water partition coefficient (Wildman–Crippen LogP) is 1.64. The molecule has 0 aliphatic rings. The molecule has 3 nitrogen and oxygen atoms in total. The van der Waals surface area contributed by atoms with Gasteiger partial charge in [0.05, 0.1) is 13.5 Å². The summed E-state index contributed by atoms with van der Waals surface area (Å²) in [6, 6.07) is 3.80. The summed E-state index contributed by atoms with van der Waals surface area (Å²) < 4.78 is 6.27. The highest BCUT2D eigenvalue weighted by Gasteiger charge is 2.07. The molecule has 0 bridgehead atoms. The van der Waals surface area contributed by atoms with Crippen molar-refractivity contribution in [3.8, 4) is 5.75 Å². The van der Waals surface area contributed by atoms with Gasteiger partial charge in [-0.05, 0) is 47.2 Å². The van der Waals surface area contributed by atoms with Gasteiger partial charge in [-0.3, -0.25) is 4.79 Å². The summed E-state index contributed by atoms with van der Waals surface area (Å²) in [6.45, 7) is 1.98. The van der Waals surface area contributed by atoms with Crippen molar-refractivity contribution in [2.75, 3.05) is 7.11 Å². The van der Waals surface area contributed by atoms with Gasteiger partial charge in [0.1, 0.15) is 5.75 Å². The second-order valence-corrected chi connectivity index (χ2v) is 4.21. The lowest BCUT2D eigenvalue weighted by Crippen LogP contribution is -2.13. The van der Waals surface area contributed by atoms with E-state index in [1.807, 2.05) is 19.1 Å². The highest BCUT2D eigenvalue weighted by atomic mass is 127. The third kappa shape index (κ3) is 2.60. The van der Waals surface area contributed by atoms with Gasteiger partial charge < -0.3 is 10.5 Å². The minimum atomic E-state index is -0.327. The number of carbonyl (C=O) groups is 1. The summed E-state index contributed by atoms with van der Waals surface area (Å²) in [5.74, 6) is 0.472. The number of amides is 1. The van der Waals surface area contributed by atoms with Crippen LogP contribution in [0.15, 0.2) is 12.1 Å². The fourth-order valence-electron chi connectivity index (χ4n) is 1.22. The lowest BCUT2D eigenvalue weighted by molar-refractivity contribution is -0.117. The van der Waals surface area contributed by atoms with E-state index in [1.54, 1.807) is 7.11 Å². The number of methoxy groups -OCH3 is 1. The third-order valence-electron chi connectivity index (χ3n) is 1.95. The minimum Gasteiger partial charge on any atom is -0.496 e. The molecule has 0 heterocycles. The fraction of sp³-hybridized carbons (Fsp3) is 0.300. The molecule has 2 N–H and O–H groups in total. The molecule has 4 heteroatoms. The van der Waals surface area contributed by atoms with Gasteiger partial charge in [0.15, 0.2) is 0 Å². The number of ether oxygens (including phenoxy) is 1. The molecular weight excluding hydrogens is 293 g/mol. The first-order valence-corrected chi connectivity index (χ1v) is 5.23. The summed E-state index contributed by atoms with van der Waals surface area (Å²) in [7, 11) is 1.62. The number of rotatable bonds is 3. The van der Waals surface area contributed by atoms with E-state index >= 15 is 0 Å². The maximum absolute atomic E-state index is 10.7. The minimum absolute atomic E-state index is 0.257. The normalized spacial score (nSPS) is 9.93. The molecule has 1 aromatic carbocycles. The van der Waals surface area contributed by atoms with E-state index in [-0.39, 0.29) is 12.3 Å². The van der Waals surface area contributed by atoms with Crippen LogP contribution in [0.25, 0.3) is 0 Å². The van der Waals surface area contributed by atoms with Gasteiger partial charge in [0.25, 0.3) is 0 Å². The second kappa shape index (κ2) is 4.63. The van der Waals surface area contributed by atoms with Crippen LogP contribution < -0.4 is 10.5 Å². The lowest BCUT2D eigenvalue weighted by atomic mass is 10.1. The maximum atomic E-state index is 10.7. The Balaban J connectivity index is 3.09. The molecule has 1 rings (SSSR count). The Bertz CT molecular complexity index is 363. The average Bonchev–Trinajstić information content (AvgIpc) is 2.10.